The minimum Gasteiger partial charge on any atom is -0.444 e. The maximum absolute atomic E-state index is 11.3. The van der Waals surface area contributed by atoms with E-state index < -0.39 is 5.60 Å². The first-order valence-electron chi connectivity index (χ1n) is 5.48. The largest absolute Gasteiger partial charge is 0.444 e. The lowest BCUT2D eigenvalue weighted by atomic mass is 10.1. The van der Waals surface area contributed by atoms with E-state index in [4.69, 9.17) is 4.74 Å². The Morgan fingerprint density at radius 3 is 2.53 bits per heavy atom. The van der Waals surface area contributed by atoms with E-state index in [2.05, 4.69) is 31.3 Å². The summed E-state index contributed by atoms with van der Waals surface area (Å²) in [7, 11) is 0. The molecule has 0 aliphatic heterocycles. The maximum atomic E-state index is 11.3. The molecule has 1 atom stereocenters. The first kappa shape index (κ1) is 14.0. The van der Waals surface area contributed by atoms with Crippen LogP contribution >= 0.6 is 0 Å². The van der Waals surface area contributed by atoms with Crippen molar-refractivity contribution in [2.75, 3.05) is 6.54 Å². The van der Waals surface area contributed by atoms with Crippen molar-refractivity contribution < 1.29 is 9.53 Å². The van der Waals surface area contributed by atoms with Gasteiger partial charge in [-0.15, -0.1) is 0 Å². The van der Waals surface area contributed by atoms with Crippen LogP contribution in [0.1, 0.15) is 41.0 Å². The van der Waals surface area contributed by atoms with E-state index in [1.807, 2.05) is 20.8 Å². The van der Waals surface area contributed by atoms with Gasteiger partial charge in [0.15, 0.2) is 0 Å². The molecule has 0 fully saturated rings. The van der Waals surface area contributed by atoms with Crippen LogP contribution in [0.15, 0.2) is 12.2 Å². The number of rotatable bonds is 4. The van der Waals surface area contributed by atoms with E-state index in [1.165, 1.54) is 0 Å². The molecule has 3 nitrogen and oxygen atoms in total. The van der Waals surface area contributed by atoms with Crippen molar-refractivity contribution in [1.82, 2.24) is 5.32 Å². The Morgan fingerprint density at radius 1 is 1.47 bits per heavy atom. The number of hydrogen-bond donors (Lipinski definition) is 1. The predicted molar refractivity (Wildman–Crippen MR) is 62.8 cm³/mol. The number of carbonyl (C=O) groups is 1. The monoisotopic (exact) mass is 213 g/mol. The molecule has 15 heavy (non-hydrogen) atoms. The highest BCUT2D eigenvalue weighted by Crippen LogP contribution is 2.06. The minimum atomic E-state index is -0.424. The minimum absolute atomic E-state index is 0.345. The molecule has 0 radical (unpaired) electrons. The van der Waals surface area contributed by atoms with Gasteiger partial charge in [0, 0.05) is 6.54 Å². The number of ether oxygens (including phenoxy) is 1. The highest BCUT2D eigenvalue weighted by atomic mass is 16.6. The second-order valence-corrected chi connectivity index (χ2v) is 4.70. The molecular formula is C12H23NO2. The van der Waals surface area contributed by atoms with Gasteiger partial charge in [-0.05, 0) is 33.1 Å². The molecule has 0 bridgehead atoms. The van der Waals surface area contributed by atoms with Crippen molar-refractivity contribution >= 4 is 6.09 Å². The molecule has 0 aliphatic carbocycles. The summed E-state index contributed by atoms with van der Waals surface area (Å²) in [4.78, 5) is 11.3. The molecule has 1 unspecified atom stereocenters. The number of allylic oxidation sites excluding steroid dienone is 1. The molecule has 0 rings (SSSR count). The molecular weight excluding hydrogens is 190 g/mol. The summed E-state index contributed by atoms with van der Waals surface area (Å²) in [6.07, 6.45) is 4.87. The first-order valence-corrected chi connectivity index (χ1v) is 5.48. The Labute approximate surface area is 92.9 Å². The second kappa shape index (κ2) is 6.49. The van der Waals surface area contributed by atoms with Gasteiger partial charge in [0.05, 0.1) is 0 Å². The molecule has 0 aromatic carbocycles. The van der Waals surface area contributed by atoms with Crippen LogP contribution in [-0.4, -0.2) is 18.2 Å². The van der Waals surface area contributed by atoms with Gasteiger partial charge in [-0.25, -0.2) is 4.79 Å². The smallest absolute Gasteiger partial charge is 0.407 e. The summed E-state index contributed by atoms with van der Waals surface area (Å²) in [5.74, 6) is 0.345. The van der Waals surface area contributed by atoms with Crippen molar-refractivity contribution in [3.05, 3.63) is 12.2 Å². The fourth-order valence-corrected chi connectivity index (χ4v) is 0.995. The summed E-state index contributed by atoms with van der Waals surface area (Å²) in [5, 5.41) is 2.74. The Kier molecular flexibility index (Phi) is 6.06. The van der Waals surface area contributed by atoms with Crippen LogP contribution in [0.3, 0.4) is 0 Å². The Hall–Kier alpha value is -0.990. The molecule has 0 saturated carbocycles. The summed E-state index contributed by atoms with van der Waals surface area (Å²) in [6.45, 7) is 10.3. The van der Waals surface area contributed by atoms with Crippen LogP contribution in [0.25, 0.3) is 0 Å². The quantitative estimate of drug-likeness (QED) is 0.729. The van der Waals surface area contributed by atoms with Gasteiger partial charge in [-0.2, -0.15) is 0 Å². The Bertz CT molecular complexity index is 216. The third kappa shape index (κ3) is 9.32. The van der Waals surface area contributed by atoms with Gasteiger partial charge >= 0.3 is 6.09 Å². The molecule has 0 aliphatic rings. The van der Waals surface area contributed by atoms with Crippen LogP contribution in [0.4, 0.5) is 4.79 Å². The molecule has 0 heterocycles. The van der Waals surface area contributed by atoms with E-state index in [-0.39, 0.29) is 6.09 Å². The van der Waals surface area contributed by atoms with Crippen molar-refractivity contribution in [3.63, 3.8) is 0 Å². The van der Waals surface area contributed by atoms with Crippen LogP contribution in [0.2, 0.25) is 0 Å². The van der Waals surface area contributed by atoms with Gasteiger partial charge in [0.25, 0.3) is 0 Å². The zero-order valence-electron chi connectivity index (χ0n) is 10.5. The molecule has 1 amide bonds. The van der Waals surface area contributed by atoms with Gasteiger partial charge in [-0.1, -0.05) is 26.0 Å². The standard InChI is InChI=1S/C12H23NO2/c1-6-7-8-10(2)9-13-11(14)15-12(3,4)5/h7-8,10H,6,9H2,1-5H3,(H,13,14)/b8-7-. The lowest BCUT2D eigenvalue weighted by Crippen LogP contribution is -2.34. The molecule has 1 N–H and O–H groups in total. The molecule has 0 saturated heterocycles. The lowest BCUT2D eigenvalue weighted by molar-refractivity contribution is 0.0523. The normalized spacial score (nSPS) is 13.9. The van der Waals surface area contributed by atoms with E-state index in [1.54, 1.807) is 0 Å². The maximum Gasteiger partial charge on any atom is 0.407 e. The van der Waals surface area contributed by atoms with E-state index in [0.29, 0.717) is 12.5 Å². The molecule has 88 valence electrons. The number of hydrogen-bond acceptors (Lipinski definition) is 2. The zero-order valence-corrected chi connectivity index (χ0v) is 10.5. The molecule has 0 aromatic heterocycles. The van der Waals surface area contributed by atoms with Gasteiger partial charge < -0.3 is 10.1 Å². The van der Waals surface area contributed by atoms with Crippen molar-refractivity contribution in [2.45, 2.75) is 46.6 Å². The van der Waals surface area contributed by atoms with Crippen molar-refractivity contribution in [3.8, 4) is 0 Å². The summed E-state index contributed by atoms with van der Waals surface area (Å²) >= 11 is 0. The molecule has 0 spiro atoms. The Morgan fingerprint density at radius 2 is 2.07 bits per heavy atom. The van der Waals surface area contributed by atoms with Gasteiger partial charge in [0.2, 0.25) is 0 Å². The predicted octanol–water partition coefficient (Wildman–Crippen LogP) is 3.11. The third-order valence-corrected chi connectivity index (χ3v) is 1.67. The lowest BCUT2D eigenvalue weighted by Gasteiger charge is -2.20. The highest BCUT2D eigenvalue weighted by molar-refractivity contribution is 5.67. The second-order valence-electron chi connectivity index (χ2n) is 4.70. The van der Waals surface area contributed by atoms with Crippen LogP contribution in [0.5, 0.6) is 0 Å². The van der Waals surface area contributed by atoms with Crippen molar-refractivity contribution in [2.24, 2.45) is 5.92 Å². The number of alkyl carbamates (subject to hydrolysis) is 1. The third-order valence-electron chi connectivity index (χ3n) is 1.67. The van der Waals surface area contributed by atoms with Gasteiger partial charge in [0.1, 0.15) is 5.60 Å². The summed E-state index contributed by atoms with van der Waals surface area (Å²) < 4.78 is 5.12. The van der Waals surface area contributed by atoms with E-state index >= 15 is 0 Å². The van der Waals surface area contributed by atoms with Crippen molar-refractivity contribution in [1.29, 1.82) is 0 Å². The number of amides is 1. The van der Waals surface area contributed by atoms with Crippen LogP contribution in [-0.2, 0) is 4.74 Å². The fourth-order valence-electron chi connectivity index (χ4n) is 0.995. The Balaban J connectivity index is 3.76. The van der Waals surface area contributed by atoms with E-state index in [0.717, 1.165) is 6.42 Å². The van der Waals surface area contributed by atoms with Crippen LogP contribution in [0, 0.1) is 5.92 Å². The SMILES string of the molecule is CC/C=C\C(C)CNC(=O)OC(C)(C)C. The number of carbonyl (C=O) groups excluding carboxylic acids is 1. The first-order chi connectivity index (χ1) is 6.85. The van der Waals surface area contributed by atoms with E-state index in [9.17, 15) is 4.79 Å². The average Bonchev–Trinajstić information content (AvgIpc) is 2.08. The van der Waals surface area contributed by atoms with Gasteiger partial charge in [-0.3, -0.25) is 0 Å². The summed E-state index contributed by atoms with van der Waals surface area (Å²) in [6, 6.07) is 0. The molecule has 0 aromatic rings. The number of nitrogens with one attached hydrogen (secondary N) is 1. The molecule has 3 heteroatoms. The zero-order chi connectivity index (χ0) is 11.9. The highest BCUT2D eigenvalue weighted by Gasteiger charge is 2.15. The fraction of sp³-hybridized carbons (Fsp3) is 0.750. The topological polar surface area (TPSA) is 38.3 Å². The average molecular weight is 213 g/mol. The van der Waals surface area contributed by atoms with Crippen LogP contribution < -0.4 is 5.32 Å². The summed E-state index contributed by atoms with van der Waals surface area (Å²) in [5.41, 5.74) is -0.424.